The van der Waals surface area contributed by atoms with Crippen LogP contribution in [0, 0.1) is 0 Å². The molecule has 0 aromatic heterocycles. The number of rotatable bonds is 4. The highest BCUT2D eigenvalue weighted by atomic mass is 79.9. The molecule has 0 atom stereocenters. The third kappa shape index (κ3) is 3.72. The zero-order valence-electron chi connectivity index (χ0n) is 12.0. The first kappa shape index (κ1) is 16.5. The quantitative estimate of drug-likeness (QED) is 0.874. The third-order valence-corrected chi connectivity index (χ3v) is 4.22. The number of amides is 2. The number of anilines is 1. The number of carboxylic acids is 1. The van der Waals surface area contributed by atoms with Gasteiger partial charge in [0.2, 0.25) is 0 Å². The van der Waals surface area contributed by atoms with Gasteiger partial charge in [-0.2, -0.15) is 0 Å². The first-order chi connectivity index (χ1) is 9.19. The van der Waals surface area contributed by atoms with Crippen molar-refractivity contribution >= 4 is 33.6 Å². The maximum Gasteiger partial charge on any atom is 0.336 e. The van der Waals surface area contributed by atoms with Crippen molar-refractivity contribution in [3.63, 3.8) is 0 Å². The number of carboxylic acid groups (broad SMARTS) is 1. The number of halogens is 1. The number of hydrogen-bond acceptors (Lipinski definition) is 2. The molecule has 5 nitrogen and oxygen atoms in total. The third-order valence-electron chi connectivity index (χ3n) is 3.53. The highest BCUT2D eigenvalue weighted by molar-refractivity contribution is 9.10. The van der Waals surface area contributed by atoms with E-state index in [1.165, 1.54) is 6.07 Å². The predicted molar refractivity (Wildman–Crippen MR) is 82.3 cm³/mol. The van der Waals surface area contributed by atoms with Gasteiger partial charge in [0.25, 0.3) is 0 Å². The van der Waals surface area contributed by atoms with Gasteiger partial charge in [-0.15, -0.1) is 0 Å². The molecule has 2 N–H and O–H groups in total. The fourth-order valence-electron chi connectivity index (χ4n) is 1.49. The summed E-state index contributed by atoms with van der Waals surface area (Å²) in [5.41, 5.74) is 0.296. The van der Waals surface area contributed by atoms with Gasteiger partial charge in [0, 0.05) is 22.7 Å². The summed E-state index contributed by atoms with van der Waals surface area (Å²) < 4.78 is 0.477. The van der Waals surface area contributed by atoms with Crippen LogP contribution in [0.15, 0.2) is 22.7 Å². The van der Waals surface area contributed by atoms with Crippen molar-refractivity contribution in [3.05, 3.63) is 28.2 Å². The summed E-state index contributed by atoms with van der Waals surface area (Å²) in [6.45, 7) is 5.94. The van der Waals surface area contributed by atoms with Gasteiger partial charge in [-0.25, -0.2) is 9.59 Å². The Morgan fingerprint density at radius 3 is 2.50 bits per heavy atom. The number of aromatic carboxylic acids is 1. The van der Waals surface area contributed by atoms with Gasteiger partial charge in [0.15, 0.2) is 0 Å². The molecule has 0 aliphatic rings. The number of nitrogens with one attached hydrogen (secondary N) is 1. The standard InChI is InChI=1S/C14H19BrN2O3/c1-5-14(2,3)17(4)13(20)16-9-6-7-11(15)10(8-9)12(18)19/h6-8H,5H2,1-4H3,(H,16,20)(H,18,19). The molecule has 1 aromatic rings. The van der Waals surface area contributed by atoms with Crippen LogP contribution in [-0.4, -0.2) is 34.6 Å². The minimum atomic E-state index is -1.05. The van der Waals surface area contributed by atoms with E-state index in [1.807, 2.05) is 20.8 Å². The van der Waals surface area contributed by atoms with E-state index in [0.29, 0.717) is 10.2 Å². The van der Waals surface area contributed by atoms with E-state index in [4.69, 9.17) is 5.11 Å². The van der Waals surface area contributed by atoms with Crippen molar-refractivity contribution in [2.45, 2.75) is 32.7 Å². The van der Waals surface area contributed by atoms with Crippen LogP contribution in [0.5, 0.6) is 0 Å². The average molecular weight is 343 g/mol. The van der Waals surface area contributed by atoms with Crippen LogP contribution in [0.1, 0.15) is 37.6 Å². The molecule has 0 aliphatic carbocycles. The highest BCUT2D eigenvalue weighted by Gasteiger charge is 2.25. The molecular formula is C14H19BrN2O3. The second kappa shape index (κ2) is 6.26. The van der Waals surface area contributed by atoms with E-state index in [1.54, 1.807) is 24.1 Å². The zero-order valence-corrected chi connectivity index (χ0v) is 13.6. The number of carbonyl (C=O) groups excluding carboxylic acids is 1. The normalized spacial score (nSPS) is 11.1. The van der Waals surface area contributed by atoms with Crippen molar-refractivity contribution in [3.8, 4) is 0 Å². The molecule has 0 bridgehead atoms. The molecular weight excluding hydrogens is 324 g/mol. The molecule has 1 aromatic carbocycles. The molecule has 0 fully saturated rings. The largest absolute Gasteiger partial charge is 0.478 e. The Hall–Kier alpha value is -1.56. The monoisotopic (exact) mass is 342 g/mol. The lowest BCUT2D eigenvalue weighted by atomic mass is 10.0. The summed E-state index contributed by atoms with van der Waals surface area (Å²) in [6.07, 6.45) is 0.817. The Labute approximate surface area is 127 Å². The maximum atomic E-state index is 12.1. The fourth-order valence-corrected chi connectivity index (χ4v) is 1.90. The number of benzene rings is 1. The summed E-state index contributed by atoms with van der Waals surface area (Å²) in [7, 11) is 1.72. The molecule has 0 unspecified atom stereocenters. The van der Waals surface area contributed by atoms with E-state index in [2.05, 4.69) is 21.2 Å². The number of nitrogens with zero attached hydrogens (tertiary/aromatic N) is 1. The molecule has 6 heteroatoms. The van der Waals surface area contributed by atoms with Gasteiger partial charge < -0.3 is 15.3 Å². The molecule has 2 amide bonds. The van der Waals surface area contributed by atoms with E-state index < -0.39 is 5.97 Å². The SMILES string of the molecule is CCC(C)(C)N(C)C(=O)Nc1ccc(Br)c(C(=O)O)c1. The number of hydrogen-bond donors (Lipinski definition) is 2. The van der Waals surface area contributed by atoms with Crippen LogP contribution in [-0.2, 0) is 0 Å². The number of carbonyl (C=O) groups is 2. The lowest BCUT2D eigenvalue weighted by molar-refractivity contribution is 0.0696. The van der Waals surface area contributed by atoms with Crippen LogP contribution < -0.4 is 5.32 Å². The first-order valence-corrected chi connectivity index (χ1v) is 7.06. The van der Waals surface area contributed by atoms with E-state index in [-0.39, 0.29) is 17.1 Å². The fraction of sp³-hybridized carbons (Fsp3) is 0.429. The second-order valence-corrected chi connectivity index (χ2v) is 6.01. The Kier molecular flexibility index (Phi) is 5.16. The predicted octanol–water partition coefficient (Wildman–Crippen LogP) is 3.80. The molecule has 0 saturated heterocycles. The van der Waals surface area contributed by atoms with E-state index in [9.17, 15) is 9.59 Å². The van der Waals surface area contributed by atoms with Crippen LogP contribution >= 0.6 is 15.9 Å². The van der Waals surface area contributed by atoms with E-state index in [0.717, 1.165) is 6.42 Å². The van der Waals surface area contributed by atoms with Crippen LogP contribution in [0.25, 0.3) is 0 Å². The lowest BCUT2D eigenvalue weighted by Crippen LogP contribution is -2.46. The van der Waals surface area contributed by atoms with Gasteiger partial charge in [-0.3, -0.25) is 0 Å². The summed E-state index contributed by atoms with van der Waals surface area (Å²) in [5.74, 6) is -1.05. The van der Waals surface area contributed by atoms with Crippen molar-refractivity contribution in [1.82, 2.24) is 4.90 Å². The van der Waals surface area contributed by atoms with Gasteiger partial charge in [0.1, 0.15) is 0 Å². The van der Waals surface area contributed by atoms with Gasteiger partial charge in [-0.05, 0) is 54.4 Å². The van der Waals surface area contributed by atoms with Crippen molar-refractivity contribution in [1.29, 1.82) is 0 Å². The molecule has 0 radical (unpaired) electrons. The Balaban J connectivity index is 2.92. The molecule has 0 saturated carbocycles. The van der Waals surface area contributed by atoms with Crippen molar-refractivity contribution in [2.24, 2.45) is 0 Å². The number of urea groups is 1. The molecule has 1 rings (SSSR count). The topological polar surface area (TPSA) is 69.6 Å². The van der Waals surface area contributed by atoms with Crippen LogP contribution in [0.2, 0.25) is 0 Å². The summed E-state index contributed by atoms with van der Waals surface area (Å²) in [6, 6.07) is 4.41. The zero-order chi connectivity index (χ0) is 15.5. The highest BCUT2D eigenvalue weighted by Crippen LogP contribution is 2.22. The molecule has 0 aliphatic heterocycles. The van der Waals surface area contributed by atoms with Crippen LogP contribution in [0.4, 0.5) is 10.5 Å². The summed E-state index contributed by atoms with van der Waals surface area (Å²) in [4.78, 5) is 24.8. The molecule has 20 heavy (non-hydrogen) atoms. The minimum Gasteiger partial charge on any atom is -0.478 e. The van der Waals surface area contributed by atoms with Crippen molar-refractivity contribution in [2.75, 3.05) is 12.4 Å². The van der Waals surface area contributed by atoms with Crippen molar-refractivity contribution < 1.29 is 14.7 Å². The molecule has 0 spiro atoms. The Morgan fingerprint density at radius 2 is 2.00 bits per heavy atom. The molecule has 0 heterocycles. The second-order valence-electron chi connectivity index (χ2n) is 5.15. The Morgan fingerprint density at radius 1 is 1.40 bits per heavy atom. The van der Waals surface area contributed by atoms with E-state index >= 15 is 0 Å². The average Bonchev–Trinajstić information content (AvgIpc) is 2.39. The van der Waals surface area contributed by atoms with Crippen LogP contribution in [0.3, 0.4) is 0 Å². The Bertz CT molecular complexity index is 529. The summed E-state index contributed by atoms with van der Waals surface area (Å²) >= 11 is 3.17. The minimum absolute atomic E-state index is 0.111. The maximum absolute atomic E-state index is 12.1. The summed E-state index contributed by atoms with van der Waals surface area (Å²) in [5, 5.41) is 11.8. The van der Waals surface area contributed by atoms with Gasteiger partial charge in [0.05, 0.1) is 5.56 Å². The smallest absolute Gasteiger partial charge is 0.336 e. The first-order valence-electron chi connectivity index (χ1n) is 6.26. The van der Waals surface area contributed by atoms with Gasteiger partial charge >= 0.3 is 12.0 Å². The lowest BCUT2D eigenvalue weighted by Gasteiger charge is -2.34. The molecule has 110 valence electrons. The van der Waals surface area contributed by atoms with Gasteiger partial charge in [-0.1, -0.05) is 6.92 Å².